The highest BCUT2D eigenvalue weighted by molar-refractivity contribution is 14.0. The molecule has 0 aromatic heterocycles. The summed E-state index contributed by atoms with van der Waals surface area (Å²) in [5.74, 6) is 0.844. The summed E-state index contributed by atoms with van der Waals surface area (Å²) >= 11 is 0. The van der Waals surface area contributed by atoms with Crippen molar-refractivity contribution in [1.82, 2.24) is 20.0 Å². The summed E-state index contributed by atoms with van der Waals surface area (Å²) < 4.78 is 14.2. The van der Waals surface area contributed by atoms with Gasteiger partial charge in [0.15, 0.2) is 5.96 Å². The Morgan fingerprint density at radius 2 is 1.77 bits per heavy atom. The zero-order valence-corrected chi connectivity index (χ0v) is 21.4. The number of aliphatic imine (C=N–C) groups is 1. The molecule has 2 aliphatic heterocycles. The lowest BCUT2D eigenvalue weighted by molar-refractivity contribution is -0.135. The SMILES string of the molecule is CN=C(NCc1ccc(N(C)C)c(F)c1)N1CCN(C(C)C(=O)N2CCCC2)CC1.I. The van der Waals surface area contributed by atoms with E-state index in [1.54, 1.807) is 24.1 Å². The molecule has 7 nitrogen and oxygen atoms in total. The van der Waals surface area contributed by atoms with Gasteiger partial charge < -0.3 is 20.0 Å². The molecule has 174 valence electrons. The van der Waals surface area contributed by atoms with Crippen molar-refractivity contribution in [2.45, 2.75) is 32.4 Å². The van der Waals surface area contributed by atoms with E-state index in [-0.39, 0.29) is 41.7 Å². The fourth-order valence-corrected chi connectivity index (χ4v) is 4.22. The van der Waals surface area contributed by atoms with E-state index in [0.29, 0.717) is 12.2 Å². The highest BCUT2D eigenvalue weighted by atomic mass is 127. The molecular formula is C22H36FIN6O. The molecule has 2 heterocycles. The molecule has 1 aromatic rings. The van der Waals surface area contributed by atoms with Gasteiger partial charge in [-0.2, -0.15) is 0 Å². The van der Waals surface area contributed by atoms with Crippen LogP contribution in [0, 0.1) is 5.82 Å². The van der Waals surface area contributed by atoms with E-state index in [4.69, 9.17) is 0 Å². The largest absolute Gasteiger partial charge is 0.375 e. The first-order valence-corrected chi connectivity index (χ1v) is 10.8. The van der Waals surface area contributed by atoms with Gasteiger partial charge in [0.05, 0.1) is 11.7 Å². The first-order chi connectivity index (χ1) is 14.4. The number of hydrogen-bond donors (Lipinski definition) is 1. The molecule has 9 heteroatoms. The van der Waals surface area contributed by atoms with Gasteiger partial charge in [0.25, 0.3) is 0 Å². The van der Waals surface area contributed by atoms with Gasteiger partial charge in [-0.1, -0.05) is 6.07 Å². The van der Waals surface area contributed by atoms with E-state index in [2.05, 4.69) is 20.1 Å². The normalized spacial score (nSPS) is 18.5. The average molecular weight is 546 g/mol. The number of carbonyl (C=O) groups is 1. The van der Waals surface area contributed by atoms with Crippen LogP contribution in [-0.4, -0.2) is 93.0 Å². The summed E-state index contributed by atoms with van der Waals surface area (Å²) in [6.45, 7) is 7.61. The summed E-state index contributed by atoms with van der Waals surface area (Å²) in [5.41, 5.74) is 1.46. The number of nitrogens with zero attached hydrogens (tertiary/aromatic N) is 5. The second kappa shape index (κ2) is 11.8. The van der Waals surface area contributed by atoms with E-state index in [0.717, 1.165) is 63.6 Å². The number of likely N-dealkylation sites (tertiary alicyclic amines) is 1. The van der Waals surface area contributed by atoms with Crippen molar-refractivity contribution in [3.8, 4) is 0 Å². The minimum absolute atomic E-state index is 0. The van der Waals surface area contributed by atoms with Crippen molar-refractivity contribution in [3.05, 3.63) is 29.6 Å². The molecule has 0 aliphatic carbocycles. The maximum absolute atomic E-state index is 14.2. The monoisotopic (exact) mass is 546 g/mol. The van der Waals surface area contributed by atoms with Crippen molar-refractivity contribution in [3.63, 3.8) is 0 Å². The smallest absolute Gasteiger partial charge is 0.239 e. The standard InChI is InChI=1S/C22H35FN6O.HI/c1-17(21(30)28-9-5-6-10-28)27-11-13-29(14-12-27)22(24-2)25-16-18-7-8-20(26(3)4)19(23)15-18;/h7-8,15,17H,5-6,9-14,16H2,1-4H3,(H,24,25);1H. The van der Waals surface area contributed by atoms with E-state index < -0.39 is 0 Å². The van der Waals surface area contributed by atoms with Gasteiger partial charge in [-0.25, -0.2) is 4.39 Å². The zero-order chi connectivity index (χ0) is 21.7. The molecule has 1 N–H and O–H groups in total. The van der Waals surface area contributed by atoms with Crippen LogP contribution in [-0.2, 0) is 11.3 Å². The Hall–Kier alpha value is -1.62. The molecule has 31 heavy (non-hydrogen) atoms. The van der Waals surface area contributed by atoms with Gasteiger partial charge in [-0.05, 0) is 37.5 Å². The number of anilines is 1. The van der Waals surface area contributed by atoms with E-state index in [9.17, 15) is 9.18 Å². The molecule has 3 rings (SSSR count). The van der Waals surface area contributed by atoms with Gasteiger partial charge in [0.2, 0.25) is 5.91 Å². The first kappa shape index (κ1) is 25.6. The van der Waals surface area contributed by atoms with Gasteiger partial charge >= 0.3 is 0 Å². The van der Waals surface area contributed by atoms with Crippen LogP contribution in [0.1, 0.15) is 25.3 Å². The van der Waals surface area contributed by atoms with Crippen LogP contribution in [0.3, 0.4) is 0 Å². The number of carbonyl (C=O) groups excluding carboxylic acids is 1. The number of piperazine rings is 1. The Labute approximate surface area is 202 Å². The maximum Gasteiger partial charge on any atom is 0.239 e. The Morgan fingerprint density at radius 3 is 2.32 bits per heavy atom. The quantitative estimate of drug-likeness (QED) is 0.349. The zero-order valence-electron chi connectivity index (χ0n) is 19.1. The number of halogens is 2. The number of guanidine groups is 1. The molecule has 2 aliphatic rings. The maximum atomic E-state index is 14.2. The molecule has 2 fully saturated rings. The van der Waals surface area contributed by atoms with Crippen molar-refractivity contribution in [2.24, 2.45) is 4.99 Å². The van der Waals surface area contributed by atoms with Gasteiger partial charge in [-0.15, -0.1) is 24.0 Å². The molecule has 1 amide bonds. The minimum atomic E-state index is -0.223. The van der Waals surface area contributed by atoms with E-state index in [1.807, 2.05) is 32.0 Å². The second-order valence-corrected chi connectivity index (χ2v) is 8.31. The number of rotatable bonds is 5. The Bertz CT molecular complexity index is 760. The molecule has 1 atom stereocenters. The van der Waals surface area contributed by atoms with Gasteiger partial charge in [0.1, 0.15) is 5.82 Å². The number of amides is 1. The van der Waals surface area contributed by atoms with Gasteiger partial charge in [0, 0.05) is 67.0 Å². The topological polar surface area (TPSA) is 54.4 Å². The number of benzene rings is 1. The summed E-state index contributed by atoms with van der Waals surface area (Å²) in [7, 11) is 5.43. The highest BCUT2D eigenvalue weighted by Gasteiger charge is 2.30. The molecule has 0 radical (unpaired) electrons. The van der Waals surface area contributed by atoms with Crippen molar-refractivity contribution in [1.29, 1.82) is 0 Å². The Kier molecular flexibility index (Phi) is 9.80. The van der Waals surface area contributed by atoms with Crippen LogP contribution < -0.4 is 10.2 Å². The second-order valence-electron chi connectivity index (χ2n) is 8.31. The number of nitrogens with one attached hydrogen (secondary N) is 1. The Balaban J connectivity index is 0.00000341. The summed E-state index contributed by atoms with van der Waals surface area (Å²) in [4.78, 5) is 25.3. The molecular weight excluding hydrogens is 510 g/mol. The Morgan fingerprint density at radius 1 is 1.13 bits per heavy atom. The lowest BCUT2D eigenvalue weighted by Crippen LogP contribution is -2.57. The molecule has 0 spiro atoms. The molecule has 1 unspecified atom stereocenters. The summed E-state index contributed by atoms with van der Waals surface area (Å²) in [5, 5.41) is 3.34. The number of hydrogen-bond acceptors (Lipinski definition) is 4. The molecule has 1 aromatic carbocycles. The lowest BCUT2D eigenvalue weighted by Gasteiger charge is -2.39. The average Bonchev–Trinajstić information content (AvgIpc) is 3.28. The van der Waals surface area contributed by atoms with Crippen LogP contribution >= 0.6 is 24.0 Å². The van der Waals surface area contributed by atoms with Gasteiger partial charge in [-0.3, -0.25) is 14.7 Å². The van der Waals surface area contributed by atoms with Crippen molar-refractivity contribution < 1.29 is 9.18 Å². The third-order valence-corrected chi connectivity index (χ3v) is 6.09. The fraction of sp³-hybridized carbons (Fsp3) is 0.636. The van der Waals surface area contributed by atoms with Crippen molar-refractivity contribution in [2.75, 3.05) is 65.3 Å². The third-order valence-electron chi connectivity index (χ3n) is 6.09. The summed E-state index contributed by atoms with van der Waals surface area (Å²) in [6, 6.07) is 5.23. The molecule has 0 saturated carbocycles. The first-order valence-electron chi connectivity index (χ1n) is 10.8. The fourth-order valence-electron chi connectivity index (χ4n) is 4.22. The third kappa shape index (κ3) is 6.44. The van der Waals surface area contributed by atoms with Crippen LogP contribution in [0.4, 0.5) is 10.1 Å². The van der Waals surface area contributed by atoms with E-state index >= 15 is 0 Å². The highest BCUT2D eigenvalue weighted by Crippen LogP contribution is 2.18. The predicted octanol–water partition coefficient (Wildman–Crippen LogP) is 2.21. The minimum Gasteiger partial charge on any atom is -0.375 e. The van der Waals surface area contributed by atoms with Crippen LogP contribution in [0.5, 0.6) is 0 Å². The lowest BCUT2D eigenvalue weighted by atomic mass is 10.2. The van der Waals surface area contributed by atoms with E-state index in [1.165, 1.54) is 0 Å². The van der Waals surface area contributed by atoms with Crippen LogP contribution in [0.15, 0.2) is 23.2 Å². The molecule has 0 bridgehead atoms. The van der Waals surface area contributed by atoms with Crippen LogP contribution in [0.25, 0.3) is 0 Å². The van der Waals surface area contributed by atoms with Crippen LogP contribution in [0.2, 0.25) is 0 Å². The summed E-state index contributed by atoms with van der Waals surface area (Å²) in [6.07, 6.45) is 2.24. The predicted molar refractivity (Wildman–Crippen MR) is 135 cm³/mol. The molecule has 2 saturated heterocycles. The van der Waals surface area contributed by atoms with Crippen molar-refractivity contribution >= 4 is 41.5 Å².